The van der Waals surface area contributed by atoms with E-state index in [4.69, 9.17) is 18.6 Å². The monoisotopic (exact) mass is 392 g/mol. The second kappa shape index (κ2) is 5.75. The van der Waals surface area contributed by atoms with E-state index in [9.17, 15) is 0 Å². The van der Waals surface area contributed by atoms with E-state index in [-0.39, 0.29) is 9.76 Å². The average Bonchev–Trinajstić information content (AvgIpc) is 2.60. The van der Waals surface area contributed by atoms with Gasteiger partial charge in [0.05, 0.1) is 0 Å². The van der Waals surface area contributed by atoms with Crippen LogP contribution in [-0.4, -0.2) is 12.2 Å². The zero-order chi connectivity index (χ0) is 16.9. The first-order chi connectivity index (χ1) is 9.87. The summed E-state index contributed by atoms with van der Waals surface area (Å²) in [6, 6.07) is 8.63. The molecule has 0 aromatic heterocycles. The van der Waals surface area contributed by atoms with E-state index in [0.29, 0.717) is 0 Å². The van der Waals surface area contributed by atoms with Crippen molar-refractivity contribution in [2.24, 2.45) is 0 Å². The van der Waals surface area contributed by atoms with Gasteiger partial charge in [0.2, 0.25) is 0 Å². The number of rotatable bonds is 3. The summed E-state index contributed by atoms with van der Waals surface area (Å²) in [5.41, 5.74) is 5.29. The molecule has 1 aliphatic rings. The molecule has 5 heteroatoms. The van der Waals surface area contributed by atoms with Gasteiger partial charge in [0.1, 0.15) is 0 Å². The standard InChI is InChI=1S/C11H11.C4H10N.C2H7Si.2ClH.Ti/c1-8-7-10-5-3-4-6-11(10)9(8)2;1-4(2,3)5;1-3-2;;;/h3-7H,1-2H3;5H,1-3H3;3H,1-2H3;2*1H;/q;-1;;;;+3/p-2. The third kappa shape index (κ3) is 3.03. The Balaban J connectivity index is 2.70. The molecule has 1 atom stereocenters. The molecule has 123 valence electrons. The fourth-order valence-electron chi connectivity index (χ4n) is 3.70. The summed E-state index contributed by atoms with van der Waals surface area (Å²) in [6.07, 6.45) is 0. The zero-order valence-corrected chi connectivity index (χ0v) is 18.9. The Bertz CT molecular complexity index is 632. The maximum absolute atomic E-state index is 7.48. The van der Waals surface area contributed by atoms with Gasteiger partial charge in [-0.15, -0.1) is 0 Å². The van der Waals surface area contributed by atoms with Crippen molar-refractivity contribution >= 4 is 30.8 Å². The van der Waals surface area contributed by atoms with Gasteiger partial charge in [0.15, 0.2) is 0 Å². The predicted molar refractivity (Wildman–Crippen MR) is 101 cm³/mol. The van der Waals surface area contributed by atoms with Gasteiger partial charge in [-0.2, -0.15) is 0 Å². The molecule has 0 radical (unpaired) electrons. The van der Waals surface area contributed by atoms with Gasteiger partial charge in [-0.1, -0.05) is 0 Å². The molecule has 1 unspecified atom stereocenters. The first-order valence-electron chi connectivity index (χ1n) is 8.01. The third-order valence-corrected chi connectivity index (χ3v) is 37.0. The average molecular weight is 393 g/mol. The van der Waals surface area contributed by atoms with Gasteiger partial charge in [-0.25, -0.2) is 0 Å². The van der Waals surface area contributed by atoms with Gasteiger partial charge in [-0.3, -0.25) is 0 Å². The molecule has 22 heavy (non-hydrogen) atoms. The summed E-state index contributed by atoms with van der Waals surface area (Å²) >= 11 is -3.93. The normalized spacial score (nSPS) is 21.0. The van der Waals surface area contributed by atoms with Gasteiger partial charge >= 0.3 is 146 Å². The topological polar surface area (TPSA) is 12.0 Å². The first-order valence-corrected chi connectivity index (χ1v) is 19.6. The molecular formula is C17H28Cl2NSiTi. The van der Waals surface area contributed by atoms with Crippen molar-refractivity contribution in [1.29, 1.82) is 0 Å². The minimum atomic E-state index is -3.93. The Morgan fingerprint density at radius 1 is 1.09 bits per heavy atom. The molecular weight excluding hydrogens is 365 g/mol. The third-order valence-electron chi connectivity index (χ3n) is 4.90. The van der Waals surface area contributed by atoms with Crippen LogP contribution in [0.4, 0.5) is 0 Å². The van der Waals surface area contributed by atoms with Crippen molar-refractivity contribution in [3.63, 3.8) is 0 Å². The number of nitrogens with one attached hydrogen (secondary N) is 1. The predicted octanol–water partition coefficient (Wildman–Crippen LogP) is 5.82. The number of hydrogen-bond donors (Lipinski definition) is 1. The second-order valence-electron chi connectivity index (χ2n) is 8.01. The number of fused-ring (bicyclic) bond motifs is 1. The van der Waals surface area contributed by atoms with Gasteiger partial charge in [-0.05, 0) is 0 Å². The Labute approximate surface area is 145 Å². The van der Waals surface area contributed by atoms with Gasteiger partial charge in [0, 0.05) is 0 Å². The number of hydrogen-bond acceptors (Lipinski definition) is 1. The Morgan fingerprint density at radius 2 is 1.64 bits per heavy atom. The van der Waals surface area contributed by atoms with E-state index in [2.05, 4.69) is 75.8 Å². The van der Waals surface area contributed by atoms with Crippen LogP contribution in [0.15, 0.2) is 29.8 Å². The first kappa shape index (κ1) is 18.8. The van der Waals surface area contributed by atoms with Crippen LogP contribution in [0.2, 0.25) is 13.1 Å². The summed E-state index contributed by atoms with van der Waals surface area (Å²) in [7, 11) is 15.0. The van der Waals surface area contributed by atoms with Crippen molar-refractivity contribution in [2.45, 2.75) is 57.5 Å². The number of benzene rings is 1. The fraction of sp³-hybridized carbons (Fsp3) is 0.529. The van der Waals surface area contributed by atoms with E-state index in [0.717, 1.165) is 0 Å². The van der Waals surface area contributed by atoms with Crippen LogP contribution >= 0.6 is 18.6 Å². The number of halogens is 2. The molecule has 0 saturated heterocycles. The minimum absolute atomic E-state index is 0.0797. The molecule has 1 aromatic carbocycles. The zero-order valence-electron chi connectivity index (χ0n) is 14.7. The summed E-state index contributed by atoms with van der Waals surface area (Å²) < 4.78 is 3.98. The van der Waals surface area contributed by atoms with Crippen molar-refractivity contribution in [2.75, 3.05) is 0 Å². The van der Waals surface area contributed by atoms with Crippen molar-refractivity contribution in [1.82, 2.24) is 3.80 Å². The molecule has 0 aliphatic heterocycles. The van der Waals surface area contributed by atoms with Crippen molar-refractivity contribution in [3.05, 3.63) is 41.0 Å². The molecule has 0 heterocycles. The van der Waals surface area contributed by atoms with Gasteiger partial charge in [0.25, 0.3) is 0 Å². The molecule has 2 rings (SSSR count). The molecule has 0 amide bonds. The summed E-state index contributed by atoms with van der Waals surface area (Å²) in [6.45, 7) is 14.2. The molecule has 0 saturated carbocycles. The van der Waals surface area contributed by atoms with E-state index < -0.39 is 19.4 Å². The molecule has 1 aromatic rings. The van der Waals surface area contributed by atoms with Crippen LogP contribution in [0.25, 0.3) is 5.57 Å². The van der Waals surface area contributed by atoms with Crippen LogP contribution in [0.1, 0.15) is 50.0 Å². The van der Waals surface area contributed by atoms with Crippen molar-refractivity contribution < 1.29 is 12.7 Å². The summed E-state index contributed by atoms with van der Waals surface area (Å²) in [4.78, 5) is 0. The Hall–Kier alpha value is 0.431. The molecule has 0 fully saturated rings. The van der Waals surface area contributed by atoms with Gasteiger partial charge < -0.3 is 0 Å². The van der Waals surface area contributed by atoms with Crippen molar-refractivity contribution in [3.8, 4) is 0 Å². The van der Waals surface area contributed by atoms with E-state index in [1.54, 1.807) is 0 Å². The van der Waals surface area contributed by atoms with Crippen LogP contribution < -0.4 is 3.80 Å². The molecule has 0 bridgehead atoms. The molecule has 1 nitrogen and oxygen atoms in total. The summed E-state index contributed by atoms with van der Waals surface area (Å²) in [5, 5.41) is 0. The Kier molecular flexibility index (Phi) is 4.91. The van der Waals surface area contributed by atoms with Crippen LogP contribution in [0, 0.1) is 0 Å². The molecule has 0 spiro atoms. The molecule has 1 N–H and O–H groups in total. The van der Waals surface area contributed by atoms with Crippen LogP contribution in [0.5, 0.6) is 0 Å². The molecule has 1 aliphatic carbocycles. The van der Waals surface area contributed by atoms with Crippen LogP contribution in [-0.2, 0) is 12.7 Å². The Morgan fingerprint density at radius 3 is 2.14 bits per heavy atom. The van der Waals surface area contributed by atoms with Crippen LogP contribution in [0.3, 0.4) is 0 Å². The fourth-order valence-corrected chi connectivity index (χ4v) is 22.7. The SMILES string of the molecule is CC1=C(C)[CH]([Ti]([Cl])([Cl])([NH]C(C)(C)C)[SiH](C)C)c2ccccc21. The number of allylic oxidation sites excluding steroid dienone is 2. The maximum atomic E-state index is 7.48. The second-order valence-corrected chi connectivity index (χ2v) is 36.1. The quantitative estimate of drug-likeness (QED) is 0.639. The van der Waals surface area contributed by atoms with E-state index >= 15 is 0 Å². The van der Waals surface area contributed by atoms with E-state index in [1.807, 2.05) is 0 Å². The summed E-state index contributed by atoms with van der Waals surface area (Å²) in [5.74, 6) is 0. The van der Waals surface area contributed by atoms with E-state index in [1.165, 1.54) is 22.3 Å².